The molecule has 0 saturated heterocycles. The molecule has 2 aromatic carbocycles. The third-order valence-electron chi connectivity index (χ3n) is 4.26. The van der Waals surface area contributed by atoms with E-state index in [0.717, 1.165) is 16.2 Å². The molecule has 0 aliphatic rings. The van der Waals surface area contributed by atoms with E-state index < -0.39 is 10.0 Å². The first-order valence-corrected chi connectivity index (χ1v) is 11.2. The molecule has 0 bridgehead atoms. The number of thiazole rings is 1. The number of nitrogens with zero attached hydrogens (tertiary/aromatic N) is 2. The van der Waals surface area contributed by atoms with Gasteiger partial charge in [-0.15, -0.1) is 11.3 Å². The summed E-state index contributed by atoms with van der Waals surface area (Å²) in [7, 11) is -3.61. The Balaban J connectivity index is 1.31. The lowest BCUT2D eigenvalue weighted by Crippen LogP contribution is -2.27. The Kier molecular flexibility index (Phi) is 5.43. The van der Waals surface area contributed by atoms with Crippen molar-refractivity contribution in [1.82, 2.24) is 14.1 Å². The molecule has 0 fully saturated rings. The summed E-state index contributed by atoms with van der Waals surface area (Å²) in [6.45, 7) is 0.0204. The van der Waals surface area contributed by atoms with Crippen molar-refractivity contribution in [2.24, 2.45) is 0 Å². The number of imidazole rings is 1. The monoisotopic (exact) mass is 426 g/mol. The van der Waals surface area contributed by atoms with Crippen molar-refractivity contribution < 1.29 is 13.2 Å². The summed E-state index contributed by atoms with van der Waals surface area (Å²) in [6, 6.07) is 15.4. The van der Waals surface area contributed by atoms with Crippen molar-refractivity contribution in [3.63, 3.8) is 0 Å². The largest absolute Gasteiger partial charge is 0.326 e. The molecule has 9 heteroatoms. The standard InChI is InChI=1S/C20H18N4O3S2/c25-19(10-11-21-29(26,27)17-4-2-1-3-5-17)22-16-8-6-15(7-9-16)18-14-24-12-13-28-20(24)23-18/h1-9,12-14,21H,10-11H2,(H,22,25). The Bertz CT molecular complexity index is 1200. The molecule has 2 aromatic heterocycles. The number of hydrogen-bond donors (Lipinski definition) is 2. The fourth-order valence-corrected chi connectivity index (χ4v) is 4.55. The van der Waals surface area contributed by atoms with Crippen molar-refractivity contribution in [3.05, 3.63) is 72.4 Å². The summed E-state index contributed by atoms with van der Waals surface area (Å²) in [4.78, 5) is 17.8. The van der Waals surface area contributed by atoms with Crippen LogP contribution in [0.5, 0.6) is 0 Å². The fraction of sp³-hybridized carbons (Fsp3) is 0.100. The molecule has 0 aliphatic carbocycles. The first-order valence-electron chi connectivity index (χ1n) is 8.88. The first-order chi connectivity index (χ1) is 14.0. The van der Waals surface area contributed by atoms with Gasteiger partial charge in [0.15, 0.2) is 4.96 Å². The molecular weight excluding hydrogens is 408 g/mol. The zero-order valence-electron chi connectivity index (χ0n) is 15.3. The number of carbonyl (C=O) groups excluding carboxylic acids is 1. The molecule has 1 amide bonds. The number of amides is 1. The van der Waals surface area contributed by atoms with Gasteiger partial charge in [-0.1, -0.05) is 30.3 Å². The van der Waals surface area contributed by atoms with E-state index in [1.54, 1.807) is 41.7 Å². The highest BCUT2D eigenvalue weighted by Crippen LogP contribution is 2.23. The number of fused-ring (bicyclic) bond motifs is 1. The fourth-order valence-electron chi connectivity index (χ4n) is 2.80. The van der Waals surface area contributed by atoms with Crippen LogP contribution in [0.25, 0.3) is 16.2 Å². The number of aromatic nitrogens is 2. The van der Waals surface area contributed by atoms with E-state index in [1.807, 2.05) is 34.3 Å². The minimum atomic E-state index is -3.61. The highest BCUT2D eigenvalue weighted by Gasteiger charge is 2.13. The smallest absolute Gasteiger partial charge is 0.240 e. The van der Waals surface area contributed by atoms with Gasteiger partial charge in [-0.2, -0.15) is 0 Å². The van der Waals surface area contributed by atoms with Crippen LogP contribution >= 0.6 is 11.3 Å². The SMILES string of the molecule is O=C(CCNS(=O)(=O)c1ccccc1)Nc1ccc(-c2cn3ccsc3n2)cc1. The summed E-state index contributed by atoms with van der Waals surface area (Å²) in [6.07, 6.45) is 3.94. The minimum absolute atomic E-state index is 0.0204. The molecule has 0 unspecified atom stereocenters. The number of sulfonamides is 1. The van der Waals surface area contributed by atoms with Crippen LogP contribution in [0.1, 0.15) is 6.42 Å². The van der Waals surface area contributed by atoms with Gasteiger partial charge in [0.1, 0.15) is 0 Å². The molecule has 0 aliphatic heterocycles. The average molecular weight is 427 g/mol. The second-order valence-corrected chi connectivity index (χ2v) is 8.95. The lowest BCUT2D eigenvalue weighted by atomic mass is 10.1. The molecule has 7 nitrogen and oxygen atoms in total. The lowest BCUT2D eigenvalue weighted by molar-refractivity contribution is -0.116. The number of hydrogen-bond acceptors (Lipinski definition) is 5. The van der Waals surface area contributed by atoms with Crippen LogP contribution in [-0.2, 0) is 14.8 Å². The average Bonchev–Trinajstić information content (AvgIpc) is 3.31. The second kappa shape index (κ2) is 8.16. The molecule has 148 valence electrons. The molecule has 4 aromatic rings. The normalized spacial score (nSPS) is 11.6. The molecule has 2 N–H and O–H groups in total. The van der Waals surface area contributed by atoms with E-state index in [1.165, 1.54) is 12.1 Å². The van der Waals surface area contributed by atoms with Crippen LogP contribution in [0.15, 0.2) is 77.3 Å². The van der Waals surface area contributed by atoms with Gasteiger partial charge in [-0.25, -0.2) is 18.1 Å². The highest BCUT2D eigenvalue weighted by molar-refractivity contribution is 7.89. The third-order valence-corrected chi connectivity index (χ3v) is 6.50. The van der Waals surface area contributed by atoms with Crippen molar-refractivity contribution in [1.29, 1.82) is 0 Å². The summed E-state index contributed by atoms with van der Waals surface area (Å²) < 4.78 is 28.7. The van der Waals surface area contributed by atoms with Crippen LogP contribution in [0.4, 0.5) is 5.69 Å². The Morgan fingerprint density at radius 2 is 1.83 bits per heavy atom. The Morgan fingerprint density at radius 1 is 1.07 bits per heavy atom. The summed E-state index contributed by atoms with van der Waals surface area (Å²) in [5.41, 5.74) is 2.46. The highest BCUT2D eigenvalue weighted by atomic mass is 32.2. The first kappa shape index (κ1) is 19.3. The predicted octanol–water partition coefficient (Wildman–Crippen LogP) is 3.37. The Hall–Kier alpha value is -3.01. The van der Waals surface area contributed by atoms with Gasteiger partial charge < -0.3 is 5.32 Å². The van der Waals surface area contributed by atoms with Crippen molar-refractivity contribution in [3.8, 4) is 11.3 Å². The van der Waals surface area contributed by atoms with E-state index in [0.29, 0.717) is 5.69 Å². The number of rotatable bonds is 7. The van der Waals surface area contributed by atoms with E-state index in [4.69, 9.17) is 0 Å². The van der Waals surface area contributed by atoms with Crippen molar-refractivity contribution in [2.75, 3.05) is 11.9 Å². The van der Waals surface area contributed by atoms with Gasteiger partial charge in [-0.05, 0) is 24.3 Å². The zero-order chi connectivity index (χ0) is 20.3. The van der Waals surface area contributed by atoms with Gasteiger partial charge in [0.25, 0.3) is 0 Å². The van der Waals surface area contributed by atoms with E-state index >= 15 is 0 Å². The van der Waals surface area contributed by atoms with Crippen LogP contribution in [0.2, 0.25) is 0 Å². The minimum Gasteiger partial charge on any atom is -0.326 e. The maximum absolute atomic E-state index is 12.1. The van der Waals surface area contributed by atoms with Crippen LogP contribution in [0, 0.1) is 0 Å². The summed E-state index contributed by atoms with van der Waals surface area (Å²) in [5.74, 6) is -0.268. The number of nitrogens with one attached hydrogen (secondary N) is 2. The van der Waals surface area contributed by atoms with Crippen LogP contribution in [0.3, 0.4) is 0 Å². The molecule has 0 atom stereocenters. The predicted molar refractivity (Wildman–Crippen MR) is 113 cm³/mol. The van der Waals surface area contributed by atoms with Gasteiger partial charge in [0, 0.05) is 42.0 Å². The molecule has 0 saturated carbocycles. The second-order valence-electron chi connectivity index (χ2n) is 6.31. The molecule has 29 heavy (non-hydrogen) atoms. The molecular formula is C20H18N4O3S2. The molecule has 4 rings (SSSR count). The lowest BCUT2D eigenvalue weighted by Gasteiger charge is -2.08. The molecule has 0 spiro atoms. The molecule has 2 heterocycles. The van der Waals surface area contributed by atoms with Crippen LogP contribution < -0.4 is 10.0 Å². The topological polar surface area (TPSA) is 92.6 Å². The maximum Gasteiger partial charge on any atom is 0.240 e. The zero-order valence-corrected chi connectivity index (χ0v) is 16.9. The van der Waals surface area contributed by atoms with Crippen LogP contribution in [-0.4, -0.2) is 30.3 Å². The van der Waals surface area contributed by atoms with E-state index in [-0.39, 0.29) is 23.8 Å². The number of carbonyl (C=O) groups is 1. The Labute approximate surface area is 172 Å². The third kappa shape index (κ3) is 4.53. The molecule has 0 radical (unpaired) electrons. The van der Waals surface area contributed by atoms with Gasteiger partial charge in [-0.3, -0.25) is 9.20 Å². The Morgan fingerprint density at radius 3 is 2.55 bits per heavy atom. The van der Waals surface area contributed by atoms with Gasteiger partial charge in [0.2, 0.25) is 15.9 Å². The maximum atomic E-state index is 12.1. The van der Waals surface area contributed by atoms with E-state index in [9.17, 15) is 13.2 Å². The van der Waals surface area contributed by atoms with Gasteiger partial charge in [0.05, 0.1) is 10.6 Å². The van der Waals surface area contributed by atoms with Crippen molar-refractivity contribution >= 4 is 37.9 Å². The number of anilines is 1. The summed E-state index contributed by atoms with van der Waals surface area (Å²) in [5, 5.41) is 4.75. The van der Waals surface area contributed by atoms with Crippen molar-refractivity contribution in [2.45, 2.75) is 11.3 Å². The van der Waals surface area contributed by atoms with E-state index in [2.05, 4.69) is 15.0 Å². The van der Waals surface area contributed by atoms with Gasteiger partial charge >= 0.3 is 0 Å². The number of benzene rings is 2. The quantitative estimate of drug-likeness (QED) is 0.474. The summed E-state index contributed by atoms with van der Waals surface area (Å²) >= 11 is 1.57.